The van der Waals surface area contributed by atoms with Gasteiger partial charge in [0.05, 0.1) is 0 Å². The van der Waals surface area contributed by atoms with E-state index in [1.165, 1.54) is 9.75 Å². The normalized spacial score (nSPS) is 10.5. The van der Waals surface area contributed by atoms with Crippen molar-refractivity contribution >= 4 is 34.3 Å². The number of para-hydroxylation sites is 1. The lowest BCUT2D eigenvalue weighted by molar-refractivity contribution is -0.116. The van der Waals surface area contributed by atoms with Crippen molar-refractivity contribution in [1.82, 2.24) is 0 Å². The molecule has 0 aliphatic heterocycles. The van der Waals surface area contributed by atoms with Gasteiger partial charge in [-0.3, -0.25) is 4.79 Å². The first-order chi connectivity index (χ1) is 10.8. The highest BCUT2D eigenvalue weighted by Gasteiger charge is 2.09. The molecule has 4 heteroatoms. The highest BCUT2D eigenvalue weighted by atomic mass is 32.1. The largest absolute Gasteiger partial charge is 0.325 e. The van der Waals surface area contributed by atoms with Gasteiger partial charge in [-0.2, -0.15) is 0 Å². The zero-order valence-corrected chi connectivity index (χ0v) is 13.8. The molecule has 2 nitrogen and oxygen atoms in total. The number of hydrogen-bond acceptors (Lipinski definition) is 3. The molecule has 0 aliphatic carbocycles. The maximum atomic E-state index is 12.2. The van der Waals surface area contributed by atoms with Gasteiger partial charge in [-0.25, -0.2) is 0 Å². The Morgan fingerprint density at radius 2 is 1.77 bits per heavy atom. The first-order valence-corrected chi connectivity index (χ1v) is 9.04. The molecule has 3 rings (SSSR count). The van der Waals surface area contributed by atoms with E-state index >= 15 is 0 Å². The van der Waals surface area contributed by atoms with Crippen LogP contribution in [0, 0.1) is 0 Å². The third kappa shape index (κ3) is 3.84. The van der Waals surface area contributed by atoms with Crippen LogP contribution in [0.5, 0.6) is 0 Å². The molecular formula is C18H17NOS2. The molecule has 0 saturated heterocycles. The Balaban J connectivity index is 1.60. The molecule has 0 unspecified atom stereocenters. The molecule has 0 atom stereocenters. The Hall–Kier alpha value is -1.91. The molecule has 112 valence electrons. The summed E-state index contributed by atoms with van der Waals surface area (Å²) in [5, 5.41) is 7.18. The molecule has 2 aromatic heterocycles. The van der Waals surface area contributed by atoms with Gasteiger partial charge in [-0.05, 0) is 41.8 Å². The maximum Gasteiger partial charge on any atom is 0.224 e. The first-order valence-electron chi connectivity index (χ1n) is 7.28. The van der Waals surface area contributed by atoms with E-state index in [1.807, 2.05) is 30.3 Å². The zero-order chi connectivity index (χ0) is 15.2. The van der Waals surface area contributed by atoms with Crippen molar-refractivity contribution in [3.05, 3.63) is 64.2 Å². The van der Waals surface area contributed by atoms with E-state index in [0.717, 1.165) is 24.1 Å². The number of anilines is 1. The van der Waals surface area contributed by atoms with E-state index in [-0.39, 0.29) is 5.91 Å². The van der Waals surface area contributed by atoms with Crippen molar-refractivity contribution < 1.29 is 4.79 Å². The molecule has 22 heavy (non-hydrogen) atoms. The third-order valence-corrected chi connectivity index (χ3v) is 5.23. The Bertz CT molecular complexity index is 717. The summed E-state index contributed by atoms with van der Waals surface area (Å²) in [6.07, 6.45) is 2.40. The number of benzene rings is 1. The number of aryl methyl sites for hydroxylation is 1. The van der Waals surface area contributed by atoms with Gasteiger partial charge in [-0.15, -0.1) is 22.7 Å². The molecule has 0 spiro atoms. The van der Waals surface area contributed by atoms with Crippen LogP contribution in [0.15, 0.2) is 59.3 Å². The average Bonchev–Trinajstić information content (AvgIpc) is 3.21. The minimum absolute atomic E-state index is 0.0839. The minimum atomic E-state index is 0.0839. The van der Waals surface area contributed by atoms with E-state index in [1.54, 1.807) is 22.7 Å². The van der Waals surface area contributed by atoms with Gasteiger partial charge in [0.25, 0.3) is 0 Å². The van der Waals surface area contributed by atoms with Crippen LogP contribution in [0.1, 0.15) is 17.7 Å². The Morgan fingerprint density at radius 3 is 2.55 bits per heavy atom. The number of thiophene rings is 2. The van der Waals surface area contributed by atoms with Gasteiger partial charge in [0.1, 0.15) is 0 Å². The van der Waals surface area contributed by atoms with Crippen LogP contribution < -0.4 is 5.32 Å². The van der Waals surface area contributed by atoms with Crippen molar-refractivity contribution in [2.75, 3.05) is 5.32 Å². The SMILES string of the molecule is O=C(CCCc1cccs1)Nc1ccccc1-c1cccs1. The Labute approximate surface area is 138 Å². The topological polar surface area (TPSA) is 29.1 Å². The van der Waals surface area contributed by atoms with Gasteiger partial charge >= 0.3 is 0 Å². The van der Waals surface area contributed by atoms with Crippen molar-refractivity contribution in [2.24, 2.45) is 0 Å². The van der Waals surface area contributed by atoms with E-state index < -0.39 is 0 Å². The lowest BCUT2D eigenvalue weighted by Crippen LogP contribution is -2.12. The lowest BCUT2D eigenvalue weighted by atomic mass is 10.1. The van der Waals surface area contributed by atoms with Gasteiger partial charge in [-0.1, -0.05) is 30.3 Å². The van der Waals surface area contributed by atoms with E-state index in [4.69, 9.17) is 0 Å². The van der Waals surface area contributed by atoms with Crippen LogP contribution in [0.4, 0.5) is 5.69 Å². The number of rotatable bonds is 6. The van der Waals surface area contributed by atoms with Crippen LogP contribution in [-0.4, -0.2) is 5.91 Å². The van der Waals surface area contributed by atoms with Gasteiger partial charge in [0, 0.05) is 27.4 Å². The highest BCUT2D eigenvalue weighted by Crippen LogP contribution is 2.31. The molecule has 0 saturated carbocycles. The van der Waals surface area contributed by atoms with Gasteiger partial charge in [0.15, 0.2) is 0 Å². The summed E-state index contributed by atoms with van der Waals surface area (Å²) in [4.78, 5) is 14.7. The van der Waals surface area contributed by atoms with Gasteiger partial charge in [0.2, 0.25) is 5.91 Å². The predicted octanol–water partition coefficient (Wildman–Crippen LogP) is 5.44. The summed E-state index contributed by atoms with van der Waals surface area (Å²) in [6, 6.07) is 16.2. The molecule has 1 N–H and O–H groups in total. The van der Waals surface area contributed by atoms with Crippen LogP contribution in [0.2, 0.25) is 0 Å². The zero-order valence-electron chi connectivity index (χ0n) is 12.1. The molecule has 1 amide bonds. The molecule has 0 bridgehead atoms. The van der Waals surface area contributed by atoms with E-state index in [9.17, 15) is 4.79 Å². The fourth-order valence-electron chi connectivity index (χ4n) is 2.33. The van der Waals surface area contributed by atoms with Crippen LogP contribution >= 0.6 is 22.7 Å². The molecule has 1 aromatic carbocycles. The van der Waals surface area contributed by atoms with Gasteiger partial charge < -0.3 is 5.32 Å². The lowest BCUT2D eigenvalue weighted by Gasteiger charge is -2.09. The molecule has 0 radical (unpaired) electrons. The summed E-state index contributed by atoms with van der Waals surface area (Å²) in [6.45, 7) is 0. The predicted molar refractivity (Wildman–Crippen MR) is 95.6 cm³/mol. The summed E-state index contributed by atoms with van der Waals surface area (Å²) >= 11 is 3.43. The summed E-state index contributed by atoms with van der Waals surface area (Å²) in [5.41, 5.74) is 1.98. The summed E-state index contributed by atoms with van der Waals surface area (Å²) in [7, 11) is 0. The second-order valence-corrected chi connectivity index (χ2v) is 6.98. The molecule has 0 fully saturated rings. The van der Waals surface area contributed by atoms with Crippen LogP contribution in [-0.2, 0) is 11.2 Å². The standard InChI is InChI=1S/C18H17NOS2/c20-18(11-3-6-14-7-4-12-21-14)19-16-9-2-1-8-15(16)17-10-5-13-22-17/h1-2,4-5,7-10,12-13H,3,6,11H2,(H,19,20). The van der Waals surface area contributed by atoms with Crippen LogP contribution in [0.3, 0.4) is 0 Å². The number of nitrogens with one attached hydrogen (secondary N) is 1. The van der Waals surface area contributed by atoms with Crippen molar-refractivity contribution in [2.45, 2.75) is 19.3 Å². The Morgan fingerprint density at radius 1 is 0.955 bits per heavy atom. The van der Waals surface area contributed by atoms with Crippen LogP contribution in [0.25, 0.3) is 10.4 Å². The van der Waals surface area contributed by atoms with Crippen molar-refractivity contribution in [3.63, 3.8) is 0 Å². The molecule has 2 heterocycles. The minimum Gasteiger partial charge on any atom is -0.325 e. The van der Waals surface area contributed by atoms with Crippen molar-refractivity contribution in [3.8, 4) is 10.4 Å². The number of carbonyl (C=O) groups excluding carboxylic acids is 1. The van der Waals surface area contributed by atoms with E-state index in [0.29, 0.717) is 6.42 Å². The highest BCUT2D eigenvalue weighted by molar-refractivity contribution is 7.13. The summed E-state index contributed by atoms with van der Waals surface area (Å²) < 4.78 is 0. The fourth-order valence-corrected chi connectivity index (χ4v) is 3.85. The quantitative estimate of drug-likeness (QED) is 0.642. The maximum absolute atomic E-state index is 12.2. The second-order valence-electron chi connectivity index (χ2n) is 5.00. The average molecular weight is 327 g/mol. The number of amides is 1. The van der Waals surface area contributed by atoms with E-state index in [2.05, 4.69) is 34.3 Å². The summed E-state index contributed by atoms with van der Waals surface area (Å²) in [5.74, 6) is 0.0839. The monoisotopic (exact) mass is 327 g/mol. The molecule has 0 aliphatic rings. The smallest absolute Gasteiger partial charge is 0.224 e. The molecule has 3 aromatic rings. The van der Waals surface area contributed by atoms with Crippen molar-refractivity contribution in [1.29, 1.82) is 0 Å². The Kier molecular flexibility index (Phi) is 5.03. The number of hydrogen-bond donors (Lipinski definition) is 1. The first kappa shape index (κ1) is 15.0. The third-order valence-electron chi connectivity index (χ3n) is 3.39. The molecular weight excluding hydrogens is 310 g/mol. The second kappa shape index (κ2) is 7.38. The number of carbonyl (C=O) groups is 1. The fraction of sp³-hybridized carbons (Fsp3) is 0.167.